The van der Waals surface area contributed by atoms with Crippen LogP contribution < -0.4 is 14.5 Å². The molecule has 0 radical (unpaired) electrons. The van der Waals surface area contributed by atoms with Crippen LogP contribution in [0.3, 0.4) is 0 Å². The number of hydrogen-bond acceptors (Lipinski definition) is 4. The summed E-state index contributed by atoms with van der Waals surface area (Å²) >= 11 is 0. The number of aromatic nitrogens is 2. The third kappa shape index (κ3) is 8.44. The first kappa shape index (κ1) is 41.9. The summed E-state index contributed by atoms with van der Waals surface area (Å²) < 4.78 is 33.6. The van der Waals surface area contributed by atoms with Crippen LogP contribution >= 0.6 is 0 Å². The number of hydrogen-bond donors (Lipinski definition) is 0. The molecule has 10 aromatic rings. The molecule has 344 valence electrons. The zero-order valence-electron chi connectivity index (χ0n) is 42.5. The molecular formula is C63H53N4OPt-3. The number of pyridine rings is 1. The normalized spacial score (nSPS) is 13.4. The van der Waals surface area contributed by atoms with Crippen molar-refractivity contribution in [3.63, 3.8) is 0 Å². The molecular weight excluding hydrogens is 1020 g/mol. The molecule has 8 aromatic carbocycles. The summed E-state index contributed by atoms with van der Waals surface area (Å²) in [5.41, 5.74) is 14.2. The van der Waals surface area contributed by atoms with Gasteiger partial charge in [-0.15, -0.1) is 48.1 Å². The standard InChI is InChI=1S/C63H53N4O.Pt/c1-42-18-8-9-21-49(42)43-30-32-44(33-31-43)50-24-17-25-54(51-22-10-12-26-55(51)63(5,6)7)61(50)66-41-65(57-28-14-15-29-58(57)66)46-19-16-20-47(39-46)68-48-34-35-53-52-23-11-13-27-56(52)67(59(53)40-48)60-38-45(36-37-64-60)62(2,3)4;/h8-38,41H,1-7H3;/q-3;/i1D3;. The van der Waals surface area contributed by atoms with Crippen molar-refractivity contribution in [1.29, 1.82) is 0 Å². The zero-order chi connectivity index (χ0) is 49.2. The molecule has 1 aliphatic rings. The molecule has 1 aliphatic heterocycles. The van der Waals surface area contributed by atoms with Crippen LogP contribution in [0.1, 0.15) is 62.3 Å². The maximum absolute atomic E-state index is 8.24. The largest absolute Gasteiger partial charge is 0.509 e. The third-order valence-corrected chi connectivity index (χ3v) is 13.0. The number of anilines is 4. The first-order valence-corrected chi connectivity index (χ1v) is 23.2. The van der Waals surface area contributed by atoms with E-state index in [4.69, 9.17) is 13.8 Å². The van der Waals surface area contributed by atoms with Gasteiger partial charge in [-0.2, -0.15) is 12.1 Å². The molecule has 0 saturated carbocycles. The van der Waals surface area contributed by atoms with Gasteiger partial charge in [-0.05, 0) is 92.3 Å². The van der Waals surface area contributed by atoms with Crippen LogP contribution in [0.2, 0.25) is 0 Å². The maximum Gasteiger partial charge on any atom is 0.135 e. The van der Waals surface area contributed by atoms with E-state index in [1.807, 2.05) is 48.7 Å². The number of aryl methyl sites for hydroxylation is 1. The summed E-state index contributed by atoms with van der Waals surface area (Å²) in [5.74, 6) is 1.95. The van der Waals surface area contributed by atoms with Crippen molar-refractivity contribution in [2.45, 2.75) is 59.2 Å². The number of nitrogens with zero attached hydrogens (tertiary/aromatic N) is 4. The molecule has 2 aromatic heterocycles. The first-order chi connectivity index (χ1) is 34.1. The summed E-state index contributed by atoms with van der Waals surface area (Å²) in [7, 11) is 0. The van der Waals surface area contributed by atoms with Crippen molar-refractivity contribution in [1.82, 2.24) is 9.55 Å². The molecule has 0 bridgehead atoms. The molecule has 0 fully saturated rings. The number of rotatable bonds is 8. The molecule has 0 aliphatic carbocycles. The molecule has 11 rings (SSSR count). The van der Waals surface area contributed by atoms with Gasteiger partial charge in [0.05, 0.1) is 0 Å². The molecule has 0 atom stereocenters. The van der Waals surface area contributed by atoms with Crippen LogP contribution in [0.15, 0.2) is 188 Å². The van der Waals surface area contributed by atoms with Gasteiger partial charge in [0, 0.05) is 76.6 Å². The van der Waals surface area contributed by atoms with E-state index in [-0.39, 0.29) is 31.9 Å². The number of ether oxygens (including phenoxy) is 1. The van der Waals surface area contributed by atoms with E-state index in [1.165, 1.54) is 11.1 Å². The van der Waals surface area contributed by atoms with Crippen LogP contribution in [0, 0.1) is 25.7 Å². The van der Waals surface area contributed by atoms with Crippen LogP contribution in [0.4, 0.5) is 22.7 Å². The smallest absolute Gasteiger partial charge is 0.135 e. The molecule has 0 N–H and O–H groups in total. The summed E-state index contributed by atoms with van der Waals surface area (Å²) in [6.45, 7) is 13.3. The summed E-state index contributed by atoms with van der Waals surface area (Å²) in [5, 5.41) is 2.19. The first-order valence-electron chi connectivity index (χ1n) is 24.7. The minimum Gasteiger partial charge on any atom is -0.509 e. The Morgan fingerprint density at radius 1 is 0.551 bits per heavy atom. The van der Waals surface area contributed by atoms with Gasteiger partial charge in [-0.3, -0.25) is 0 Å². The van der Waals surface area contributed by atoms with E-state index in [2.05, 4.69) is 202 Å². The average Bonchev–Trinajstić information content (AvgIpc) is 3.91. The summed E-state index contributed by atoms with van der Waals surface area (Å²) in [6.07, 6.45) is 1.89. The number of para-hydroxylation sites is 4. The predicted octanol–water partition coefficient (Wildman–Crippen LogP) is 16.9. The maximum atomic E-state index is 8.24. The van der Waals surface area contributed by atoms with E-state index >= 15 is 0 Å². The quantitative estimate of drug-likeness (QED) is 0.142. The van der Waals surface area contributed by atoms with E-state index in [0.717, 1.165) is 78.2 Å². The Kier molecular flexibility index (Phi) is 11.0. The molecule has 0 spiro atoms. The van der Waals surface area contributed by atoms with E-state index in [9.17, 15) is 0 Å². The van der Waals surface area contributed by atoms with E-state index in [0.29, 0.717) is 22.6 Å². The molecule has 3 heterocycles. The Morgan fingerprint density at radius 2 is 1.19 bits per heavy atom. The van der Waals surface area contributed by atoms with Crippen molar-refractivity contribution in [3.05, 3.63) is 224 Å². The van der Waals surface area contributed by atoms with Gasteiger partial charge >= 0.3 is 0 Å². The Balaban J connectivity index is 0.00000596. The SMILES string of the molecule is [2H]C([2H])([2H])c1ccccc1-c1ccc(-c2cccc(-c3ccccc3C(C)(C)C)c2N2[CH-]N(c3[c-]c(Oc4[c-]c5c(cc4)c4ccccc4n5-c4cc(C(C)(C)C)ccn4)ccc3)c3ccccc32)cc1.[Pt]. The van der Waals surface area contributed by atoms with Gasteiger partial charge in [0.15, 0.2) is 0 Å². The van der Waals surface area contributed by atoms with E-state index in [1.54, 1.807) is 12.1 Å². The van der Waals surface area contributed by atoms with Crippen LogP contribution in [0.25, 0.3) is 61.0 Å². The molecule has 69 heavy (non-hydrogen) atoms. The van der Waals surface area contributed by atoms with E-state index < -0.39 is 6.85 Å². The Morgan fingerprint density at radius 3 is 1.96 bits per heavy atom. The zero-order valence-corrected chi connectivity index (χ0v) is 41.8. The Hall–Kier alpha value is -7.20. The van der Waals surface area contributed by atoms with Crippen LogP contribution in [0.5, 0.6) is 11.5 Å². The van der Waals surface area contributed by atoms with Crippen molar-refractivity contribution < 1.29 is 29.9 Å². The fourth-order valence-electron chi connectivity index (χ4n) is 9.60. The second-order valence-corrected chi connectivity index (χ2v) is 19.6. The van der Waals surface area contributed by atoms with Crippen LogP contribution in [-0.2, 0) is 31.9 Å². The van der Waals surface area contributed by atoms with Gasteiger partial charge in [0.1, 0.15) is 5.82 Å². The van der Waals surface area contributed by atoms with Gasteiger partial charge < -0.3 is 19.1 Å². The van der Waals surface area contributed by atoms with Crippen molar-refractivity contribution in [3.8, 4) is 50.7 Å². The van der Waals surface area contributed by atoms with Gasteiger partial charge in [0.2, 0.25) is 0 Å². The van der Waals surface area contributed by atoms with Gasteiger partial charge in [-0.25, -0.2) is 4.98 Å². The van der Waals surface area contributed by atoms with Crippen molar-refractivity contribution in [2.24, 2.45) is 0 Å². The predicted molar refractivity (Wildman–Crippen MR) is 283 cm³/mol. The van der Waals surface area contributed by atoms with Gasteiger partial charge in [-0.1, -0.05) is 168 Å². The second kappa shape index (κ2) is 18.0. The Labute approximate surface area is 425 Å². The molecule has 0 saturated heterocycles. The molecule has 0 amide bonds. The number of benzene rings is 8. The minimum absolute atomic E-state index is 0. The average molecular weight is 1080 g/mol. The third-order valence-electron chi connectivity index (χ3n) is 13.0. The minimum atomic E-state index is -2.24. The Bertz CT molecular complexity index is 3640. The molecule has 6 heteroatoms. The fraction of sp³-hybridized carbons (Fsp3) is 0.143. The van der Waals surface area contributed by atoms with Crippen molar-refractivity contribution >= 4 is 44.6 Å². The topological polar surface area (TPSA) is 33.5 Å². The molecule has 0 unspecified atom stereocenters. The fourth-order valence-corrected chi connectivity index (χ4v) is 9.60. The molecule has 5 nitrogen and oxygen atoms in total. The van der Waals surface area contributed by atoms with Crippen LogP contribution in [-0.4, -0.2) is 9.55 Å². The number of fused-ring (bicyclic) bond motifs is 4. The second-order valence-electron chi connectivity index (χ2n) is 19.6. The summed E-state index contributed by atoms with van der Waals surface area (Å²) in [6, 6.07) is 69.2. The van der Waals surface area contributed by atoms with Gasteiger partial charge in [0.25, 0.3) is 0 Å². The summed E-state index contributed by atoms with van der Waals surface area (Å²) in [4.78, 5) is 9.33. The monoisotopic (exact) mass is 1080 g/mol. The van der Waals surface area contributed by atoms with Crippen molar-refractivity contribution in [2.75, 3.05) is 9.80 Å².